The fraction of sp³-hybridized carbons (Fsp3) is 0.438. The van der Waals surface area contributed by atoms with Gasteiger partial charge >= 0.3 is 5.97 Å². The molecule has 1 fully saturated rings. The first-order chi connectivity index (χ1) is 11.0. The molecule has 1 N–H and O–H groups in total. The van der Waals surface area contributed by atoms with Crippen LogP contribution in [-0.2, 0) is 19.1 Å². The van der Waals surface area contributed by atoms with E-state index in [4.69, 9.17) is 16.3 Å². The lowest BCUT2D eigenvalue weighted by Crippen LogP contribution is -2.37. The van der Waals surface area contributed by atoms with Crippen molar-refractivity contribution in [2.45, 2.75) is 32.2 Å². The van der Waals surface area contributed by atoms with Crippen molar-refractivity contribution in [3.8, 4) is 0 Å². The summed E-state index contributed by atoms with van der Waals surface area (Å²) in [5.74, 6) is -0.704. The molecule has 23 heavy (non-hydrogen) atoms. The summed E-state index contributed by atoms with van der Waals surface area (Å²) in [6.45, 7) is 2.42. The summed E-state index contributed by atoms with van der Waals surface area (Å²) in [7, 11) is 0. The highest BCUT2D eigenvalue weighted by atomic mass is 35.5. The zero-order chi connectivity index (χ0) is 16.8. The predicted octanol–water partition coefficient (Wildman–Crippen LogP) is 1.90. The maximum atomic E-state index is 12.1. The molecule has 0 radical (unpaired) electrons. The molecule has 124 valence electrons. The van der Waals surface area contributed by atoms with Gasteiger partial charge in [-0.1, -0.05) is 11.6 Å². The Morgan fingerprint density at radius 2 is 2.00 bits per heavy atom. The van der Waals surface area contributed by atoms with Crippen molar-refractivity contribution in [3.63, 3.8) is 0 Å². The summed E-state index contributed by atoms with van der Waals surface area (Å²) >= 11 is 5.84. The van der Waals surface area contributed by atoms with E-state index in [0.29, 0.717) is 18.2 Å². The van der Waals surface area contributed by atoms with Crippen LogP contribution in [0.25, 0.3) is 0 Å². The number of benzene rings is 1. The van der Waals surface area contributed by atoms with Crippen LogP contribution >= 0.6 is 11.6 Å². The number of halogens is 1. The molecule has 1 aliphatic rings. The van der Waals surface area contributed by atoms with E-state index in [0.717, 1.165) is 5.69 Å². The van der Waals surface area contributed by atoms with Gasteiger partial charge in [0.25, 0.3) is 0 Å². The van der Waals surface area contributed by atoms with Crippen molar-refractivity contribution in [3.05, 3.63) is 29.3 Å². The normalized spacial score (nSPS) is 17.2. The topological polar surface area (TPSA) is 75.7 Å². The van der Waals surface area contributed by atoms with E-state index in [2.05, 4.69) is 5.32 Å². The van der Waals surface area contributed by atoms with Crippen molar-refractivity contribution in [1.29, 1.82) is 0 Å². The van der Waals surface area contributed by atoms with Gasteiger partial charge in [-0.15, -0.1) is 0 Å². The smallest absolute Gasteiger partial charge is 0.306 e. The minimum atomic E-state index is -0.395. The first-order valence-electron chi connectivity index (χ1n) is 7.50. The van der Waals surface area contributed by atoms with Gasteiger partial charge in [0.15, 0.2) is 0 Å². The van der Waals surface area contributed by atoms with Crippen LogP contribution in [-0.4, -0.2) is 37.0 Å². The number of carbonyl (C=O) groups excluding carboxylic acids is 3. The second-order valence-electron chi connectivity index (χ2n) is 5.25. The van der Waals surface area contributed by atoms with Crippen molar-refractivity contribution < 1.29 is 19.1 Å². The molecule has 0 aromatic heterocycles. The average molecular weight is 339 g/mol. The van der Waals surface area contributed by atoms with Gasteiger partial charge < -0.3 is 15.0 Å². The van der Waals surface area contributed by atoms with Crippen molar-refractivity contribution in [2.24, 2.45) is 0 Å². The molecule has 6 nitrogen and oxygen atoms in total. The molecule has 1 heterocycles. The summed E-state index contributed by atoms with van der Waals surface area (Å²) in [5, 5.41) is 3.38. The lowest BCUT2D eigenvalue weighted by atomic mass is 10.2. The first kappa shape index (κ1) is 17.3. The highest BCUT2D eigenvalue weighted by Crippen LogP contribution is 2.23. The summed E-state index contributed by atoms with van der Waals surface area (Å²) < 4.78 is 4.77. The van der Waals surface area contributed by atoms with Gasteiger partial charge in [-0.2, -0.15) is 0 Å². The molecule has 1 aliphatic heterocycles. The minimum Gasteiger partial charge on any atom is -0.466 e. The molecule has 7 heteroatoms. The quantitative estimate of drug-likeness (QED) is 0.804. The van der Waals surface area contributed by atoms with Crippen molar-refractivity contribution in [2.75, 3.05) is 18.1 Å². The Bertz CT molecular complexity index is 588. The molecular weight excluding hydrogens is 320 g/mol. The van der Waals surface area contributed by atoms with Gasteiger partial charge in [-0.05, 0) is 31.2 Å². The van der Waals surface area contributed by atoms with E-state index in [9.17, 15) is 14.4 Å². The molecule has 1 aromatic carbocycles. The predicted molar refractivity (Wildman–Crippen MR) is 86.2 cm³/mol. The monoisotopic (exact) mass is 338 g/mol. The van der Waals surface area contributed by atoms with E-state index < -0.39 is 5.97 Å². The minimum absolute atomic E-state index is 0.0429. The highest BCUT2D eigenvalue weighted by Gasteiger charge is 2.31. The molecule has 2 amide bonds. The van der Waals surface area contributed by atoms with Crippen molar-refractivity contribution in [1.82, 2.24) is 5.32 Å². The Morgan fingerprint density at radius 3 is 2.65 bits per heavy atom. The van der Waals surface area contributed by atoms with Crippen LogP contribution in [0.1, 0.15) is 26.2 Å². The Balaban J connectivity index is 1.84. The lowest BCUT2D eigenvalue weighted by molar-refractivity contribution is -0.144. The molecule has 1 aromatic rings. The van der Waals surface area contributed by atoms with Gasteiger partial charge in [-0.3, -0.25) is 14.4 Å². The van der Waals surface area contributed by atoms with Gasteiger partial charge in [0.1, 0.15) is 0 Å². The molecule has 1 unspecified atom stereocenters. The van der Waals surface area contributed by atoms with Crippen LogP contribution in [0.3, 0.4) is 0 Å². The van der Waals surface area contributed by atoms with Gasteiger partial charge in [0.05, 0.1) is 19.1 Å². The molecule has 1 saturated heterocycles. The number of nitrogens with zero attached hydrogens (tertiary/aromatic N) is 1. The summed E-state index contributed by atoms with van der Waals surface area (Å²) in [6.07, 6.45) is 0.347. The molecule has 2 rings (SSSR count). The fourth-order valence-electron chi connectivity index (χ4n) is 2.42. The number of amides is 2. The zero-order valence-electron chi connectivity index (χ0n) is 12.9. The largest absolute Gasteiger partial charge is 0.466 e. The van der Waals surface area contributed by atoms with Crippen molar-refractivity contribution >= 4 is 35.1 Å². The number of nitrogens with one attached hydrogen (secondary N) is 1. The molecule has 1 atom stereocenters. The SMILES string of the molecule is CCOC(=O)CCC(=O)NC1CC(=O)N(c2ccc(Cl)cc2)C1. The number of esters is 1. The van der Waals surface area contributed by atoms with Crippen LogP contribution in [0.15, 0.2) is 24.3 Å². The third-order valence-electron chi connectivity index (χ3n) is 3.49. The number of ether oxygens (including phenoxy) is 1. The summed E-state index contributed by atoms with van der Waals surface area (Å²) in [5.41, 5.74) is 0.752. The van der Waals surface area contributed by atoms with Gasteiger partial charge in [-0.25, -0.2) is 0 Å². The number of hydrogen-bond donors (Lipinski definition) is 1. The van der Waals surface area contributed by atoms with E-state index in [1.165, 1.54) is 0 Å². The first-order valence-corrected chi connectivity index (χ1v) is 7.88. The summed E-state index contributed by atoms with van der Waals surface area (Å²) in [6, 6.07) is 6.72. The number of hydrogen-bond acceptors (Lipinski definition) is 4. The van der Waals surface area contributed by atoms with Crippen LogP contribution in [0, 0.1) is 0 Å². The second kappa shape index (κ2) is 7.97. The maximum absolute atomic E-state index is 12.1. The van der Waals surface area contributed by atoms with Gasteiger partial charge in [0.2, 0.25) is 11.8 Å². The second-order valence-corrected chi connectivity index (χ2v) is 5.69. The highest BCUT2D eigenvalue weighted by molar-refractivity contribution is 6.30. The summed E-state index contributed by atoms with van der Waals surface area (Å²) in [4.78, 5) is 36.8. The Labute approximate surface area is 139 Å². The Kier molecular flexibility index (Phi) is 5.98. The fourth-order valence-corrected chi connectivity index (χ4v) is 2.55. The third-order valence-corrected chi connectivity index (χ3v) is 3.74. The van der Waals surface area contributed by atoms with Crippen LogP contribution in [0.5, 0.6) is 0 Å². The van der Waals surface area contributed by atoms with E-state index in [1.54, 1.807) is 36.1 Å². The zero-order valence-corrected chi connectivity index (χ0v) is 13.6. The van der Waals surface area contributed by atoms with Crippen LogP contribution in [0.4, 0.5) is 5.69 Å². The Morgan fingerprint density at radius 1 is 1.30 bits per heavy atom. The van der Waals surface area contributed by atoms with Crippen LogP contribution < -0.4 is 10.2 Å². The average Bonchev–Trinajstić information content (AvgIpc) is 2.87. The lowest BCUT2D eigenvalue weighted by Gasteiger charge is -2.17. The third kappa shape index (κ3) is 4.96. The number of carbonyl (C=O) groups is 3. The Hall–Kier alpha value is -2.08. The maximum Gasteiger partial charge on any atom is 0.306 e. The van der Waals surface area contributed by atoms with E-state index in [1.807, 2.05) is 0 Å². The molecule has 0 bridgehead atoms. The molecular formula is C16H19ClN2O4. The molecule has 0 saturated carbocycles. The number of anilines is 1. The van der Waals surface area contributed by atoms with E-state index >= 15 is 0 Å². The molecule has 0 spiro atoms. The number of rotatable bonds is 6. The van der Waals surface area contributed by atoms with Gasteiger partial charge in [0, 0.05) is 30.1 Å². The van der Waals surface area contributed by atoms with E-state index in [-0.39, 0.29) is 37.1 Å². The molecule has 0 aliphatic carbocycles. The van der Waals surface area contributed by atoms with Crippen LogP contribution in [0.2, 0.25) is 5.02 Å². The standard InChI is InChI=1S/C16H19ClN2O4/c1-2-23-16(22)8-7-14(20)18-12-9-15(21)19(10-12)13-5-3-11(17)4-6-13/h3-6,12H,2,7-10H2,1H3,(H,18,20).